The number of carbonyl (C=O) groups excluding carboxylic acids is 4. The molecule has 7 nitrogen and oxygen atoms in total. The van der Waals surface area contributed by atoms with Crippen LogP contribution < -0.4 is 10.2 Å². The Morgan fingerprint density at radius 3 is 2.33 bits per heavy atom. The van der Waals surface area contributed by atoms with Crippen molar-refractivity contribution in [1.29, 1.82) is 0 Å². The first-order valence-electron chi connectivity index (χ1n) is 13.9. The lowest BCUT2D eigenvalue weighted by molar-refractivity contribution is -0.123. The highest BCUT2D eigenvalue weighted by atomic mass is 79.9. The number of nitrogens with one attached hydrogen (secondary N) is 1. The summed E-state index contributed by atoms with van der Waals surface area (Å²) in [6.07, 6.45) is 3.70. The zero-order valence-corrected chi connectivity index (χ0v) is 24.9. The maximum atomic E-state index is 14.1. The number of hydrogen-bond acceptors (Lipinski definition) is 6. The summed E-state index contributed by atoms with van der Waals surface area (Å²) >= 11 is 9.84. The van der Waals surface area contributed by atoms with E-state index in [1.807, 2.05) is 48.5 Å². The van der Waals surface area contributed by atoms with Gasteiger partial charge in [0, 0.05) is 39.5 Å². The van der Waals surface area contributed by atoms with Gasteiger partial charge in [0.1, 0.15) is 5.75 Å². The molecule has 0 unspecified atom stereocenters. The normalized spacial score (nSPS) is 24.7. The van der Waals surface area contributed by atoms with Gasteiger partial charge < -0.3 is 10.4 Å². The number of rotatable bonds is 4. The fourth-order valence-electron chi connectivity index (χ4n) is 6.95. The van der Waals surface area contributed by atoms with E-state index in [9.17, 15) is 24.3 Å². The molecular weight excluding hydrogens is 632 g/mol. The minimum atomic E-state index is -0.699. The molecule has 0 saturated carbocycles. The SMILES string of the molecule is O=C1C=C(Br)C(=O)C2=C1[C@@H](c1ccc(O)cc1Cl)C1=CC[C@@H]3C(=O)N(c4ccc(Nc5ccccc5)cc4)C(=O)[C@@H]3[C@@H]1C2. The Balaban J connectivity index is 1.26. The second kappa shape index (κ2) is 10.5. The first kappa shape index (κ1) is 27.6. The summed E-state index contributed by atoms with van der Waals surface area (Å²) in [4.78, 5) is 55.9. The topological polar surface area (TPSA) is 104 Å². The summed E-state index contributed by atoms with van der Waals surface area (Å²) in [7, 11) is 0. The number of phenolic OH excluding ortho intramolecular Hbond substituents is 1. The van der Waals surface area contributed by atoms with Gasteiger partial charge in [-0.1, -0.05) is 47.5 Å². The second-order valence-corrected chi connectivity index (χ2v) is 12.4. The minimum Gasteiger partial charge on any atom is -0.508 e. The Kier molecular flexibility index (Phi) is 6.71. The van der Waals surface area contributed by atoms with Crippen molar-refractivity contribution in [2.24, 2.45) is 17.8 Å². The van der Waals surface area contributed by atoms with Crippen molar-refractivity contribution in [2.75, 3.05) is 10.2 Å². The van der Waals surface area contributed by atoms with Crippen LogP contribution >= 0.6 is 27.5 Å². The number of allylic oxidation sites excluding steroid dienone is 6. The number of carbonyl (C=O) groups is 4. The van der Waals surface area contributed by atoms with Gasteiger partial charge in [-0.3, -0.25) is 24.1 Å². The first-order chi connectivity index (χ1) is 20.7. The number of phenols is 1. The van der Waals surface area contributed by atoms with Crippen LogP contribution in [0.25, 0.3) is 0 Å². The van der Waals surface area contributed by atoms with Crippen LogP contribution in [-0.2, 0) is 19.2 Å². The zero-order chi connectivity index (χ0) is 30.0. The predicted octanol–water partition coefficient (Wildman–Crippen LogP) is 6.76. The molecule has 3 aliphatic carbocycles. The van der Waals surface area contributed by atoms with Crippen LogP contribution in [0.4, 0.5) is 17.1 Å². The van der Waals surface area contributed by atoms with E-state index in [0.717, 1.165) is 16.9 Å². The third-order valence-corrected chi connectivity index (χ3v) is 9.73. The molecule has 4 aliphatic rings. The molecule has 4 atom stereocenters. The van der Waals surface area contributed by atoms with Crippen molar-refractivity contribution < 1.29 is 24.3 Å². The number of fused-ring (bicyclic) bond motifs is 3. The summed E-state index contributed by atoms with van der Waals surface area (Å²) in [5, 5.41) is 13.6. The van der Waals surface area contributed by atoms with Crippen molar-refractivity contribution in [3.8, 4) is 5.75 Å². The van der Waals surface area contributed by atoms with Crippen LogP contribution in [0.15, 0.2) is 106 Å². The molecule has 7 rings (SSSR count). The Bertz CT molecular complexity index is 1830. The number of Topliss-reactive ketones (excluding diaryl/α,β-unsaturated/α-hetero) is 1. The average Bonchev–Trinajstić information content (AvgIpc) is 3.25. The highest BCUT2D eigenvalue weighted by molar-refractivity contribution is 9.12. The lowest BCUT2D eigenvalue weighted by Gasteiger charge is -2.42. The van der Waals surface area contributed by atoms with Gasteiger partial charge >= 0.3 is 0 Å². The molecule has 1 aliphatic heterocycles. The number of amides is 2. The number of benzene rings is 3. The molecule has 0 spiro atoms. The summed E-state index contributed by atoms with van der Waals surface area (Å²) < 4.78 is 0.159. The molecule has 0 bridgehead atoms. The monoisotopic (exact) mass is 654 g/mol. The van der Waals surface area contributed by atoms with E-state index < -0.39 is 23.7 Å². The third kappa shape index (κ3) is 4.48. The van der Waals surface area contributed by atoms with E-state index in [0.29, 0.717) is 28.8 Å². The molecular formula is C34H24BrClN2O5. The highest BCUT2D eigenvalue weighted by Crippen LogP contribution is 2.56. The molecule has 1 heterocycles. The number of ketones is 2. The number of hydrogen-bond donors (Lipinski definition) is 2. The molecule has 3 aromatic rings. The number of imide groups is 1. The van der Waals surface area contributed by atoms with Crippen LogP contribution in [-0.4, -0.2) is 28.5 Å². The van der Waals surface area contributed by atoms with Crippen molar-refractivity contribution >= 4 is 68.0 Å². The van der Waals surface area contributed by atoms with E-state index >= 15 is 0 Å². The van der Waals surface area contributed by atoms with E-state index in [-0.39, 0.29) is 45.1 Å². The van der Waals surface area contributed by atoms with Crippen molar-refractivity contribution in [3.63, 3.8) is 0 Å². The van der Waals surface area contributed by atoms with Crippen LogP contribution in [0.3, 0.4) is 0 Å². The average molecular weight is 656 g/mol. The number of nitrogens with zero attached hydrogens (tertiary/aromatic N) is 1. The molecule has 3 aromatic carbocycles. The molecule has 214 valence electrons. The Hall–Kier alpha value is -4.27. The lowest BCUT2D eigenvalue weighted by Crippen LogP contribution is -2.39. The van der Waals surface area contributed by atoms with Gasteiger partial charge in [0.05, 0.1) is 22.0 Å². The molecule has 2 N–H and O–H groups in total. The van der Waals surface area contributed by atoms with Gasteiger partial charge in [-0.15, -0.1) is 0 Å². The van der Waals surface area contributed by atoms with E-state index in [2.05, 4.69) is 21.2 Å². The molecule has 0 radical (unpaired) electrons. The van der Waals surface area contributed by atoms with Crippen molar-refractivity contribution in [2.45, 2.75) is 18.8 Å². The maximum absolute atomic E-state index is 14.1. The van der Waals surface area contributed by atoms with Crippen molar-refractivity contribution in [1.82, 2.24) is 0 Å². The standard InChI is InChI=1S/C34H24BrClN2O5/c35-26-16-28(40)31-25(32(26)41)15-24-21(29(31)22-11-10-20(39)14-27(22)36)12-13-23-30(24)34(43)38(33(23)42)19-8-6-18(7-9-19)37-17-4-2-1-3-5-17/h1-12,14,16,23-24,29-30,37,39H,13,15H2/t23-,24+,29+,30-/m0/s1. The maximum Gasteiger partial charge on any atom is 0.238 e. The number of aromatic hydroxyl groups is 1. The highest BCUT2D eigenvalue weighted by Gasteiger charge is 2.56. The van der Waals surface area contributed by atoms with Gasteiger partial charge in [0.25, 0.3) is 0 Å². The fourth-order valence-corrected chi connectivity index (χ4v) is 7.68. The summed E-state index contributed by atoms with van der Waals surface area (Å²) in [5.41, 5.74) is 4.22. The Morgan fingerprint density at radius 1 is 0.884 bits per heavy atom. The van der Waals surface area contributed by atoms with E-state index in [4.69, 9.17) is 11.6 Å². The minimum absolute atomic E-state index is 0.0288. The number of halogens is 2. The third-order valence-electron chi connectivity index (χ3n) is 8.81. The largest absolute Gasteiger partial charge is 0.508 e. The summed E-state index contributed by atoms with van der Waals surface area (Å²) in [6.45, 7) is 0. The first-order valence-corrected chi connectivity index (χ1v) is 15.1. The predicted molar refractivity (Wildman–Crippen MR) is 166 cm³/mol. The van der Waals surface area contributed by atoms with Gasteiger partial charge in [-0.25, -0.2) is 0 Å². The number of para-hydroxylation sites is 1. The smallest absolute Gasteiger partial charge is 0.238 e. The number of anilines is 3. The van der Waals surface area contributed by atoms with Gasteiger partial charge in [0.2, 0.25) is 11.8 Å². The van der Waals surface area contributed by atoms with Crippen LogP contribution in [0.5, 0.6) is 5.75 Å². The molecule has 0 aromatic heterocycles. The van der Waals surface area contributed by atoms with E-state index in [1.165, 1.54) is 23.1 Å². The zero-order valence-electron chi connectivity index (χ0n) is 22.6. The van der Waals surface area contributed by atoms with Gasteiger partial charge in [0.15, 0.2) is 11.6 Å². The summed E-state index contributed by atoms with van der Waals surface area (Å²) in [5.74, 6) is -3.70. The Labute approximate surface area is 260 Å². The molecule has 9 heteroatoms. The van der Waals surface area contributed by atoms with Gasteiger partial charge in [-0.05, 0) is 88.8 Å². The lowest BCUT2D eigenvalue weighted by atomic mass is 9.59. The second-order valence-electron chi connectivity index (χ2n) is 11.1. The fraction of sp³-hybridized carbons (Fsp3) is 0.176. The quantitative estimate of drug-likeness (QED) is 0.183. The van der Waals surface area contributed by atoms with Gasteiger partial charge in [-0.2, -0.15) is 0 Å². The Morgan fingerprint density at radius 2 is 1.60 bits per heavy atom. The van der Waals surface area contributed by atoms with E-state index in [1.54, 1.807) is 18.2 Å². The van der Waals surface area contributed by atoms with Crippen LogP contribution in [0, 0.1) is 17.8 Å². The molecule has 1 fully saturated rings. The summed E-state index contributed by atoms with van der Waals surface area (Å²) in [6, 6.07) is 21.4. The molecule has 43 heavy (non-hydrogen) atoms. The molecule has 2 amide bonds. The van der Waals surface area contributed by atoms with Crippen LogP contribution in [0.1, 0.15) is 24.3 Å². The van der Waals surface area contributed by atoms with Crippen molar-refractivity contribution in [3.05, 3.63) is 117 Å². The van der Waals surface area contributed by atoms with Crippen LogP contribution in [0.2, 0.25) is 5.02 Å². The molecule has 1 saturated heterocycles.